The quantitative estimate of drug-likeness (QED) is 0.559. The molecule has 2 aromatic carbocycles. The van der Waals surface area contributed by atoms with Gasteiger partial charge in [0.05, 0.1) is 16.2 Å². The first-order valence-electron chi connectivity index (χ1n) is 8.70. The van der Waals surface area contributed by atoms with Crippen LogP contribution in [0.5, 0.6) is 0 Å². The van der Waals surface area contributed by atoms with E-state index in [9.17, 15) is 13.2 Å². The molecule has 0 bridgehead atoms. The number of nitrogens with one attached hydrogen (secondary N) is 1. The zero-order chi connectivity index (χ0) is 20.9. The van der Waals surface area contributed by atoms with E-state index >= 15 is 0 Å². The van der Waals surface area contributed by atoms with E-state index in [0.717, 1.165) is 5.69 Å². The molecule has 0 aliphatic rings. The predicted molar refractivity (Wildman–Crippen MR) is 107 cm³/mol. The van der Waals surface area contributed by atoms with E-state index in [2.05, 4.69) is 20.3 Å². The standard InChI is InChI=1S/C19H19N5O4S/c1-2-29(26,27)15-11-7-6-10-14(15)17(25)28-12-16-22-18(20)24-19(23-16)21-13-8-4-3-5-9-13/h3-11H,2,12H2,1H3,(H3,20,21,22,23,24). The van der Waals surface area contributed by atoms with Gasteiger partial charge in [-0.05, 0) is 24.3 Å². The number of nitrogens with two attached hydrogens (primary N) is 1. The van der Waals surface area contributed by atoms with Crippen LogP contribution in [0.15, 0.2) is 59.5 Å². The summed E-state index contributed by atoms with van der Waals surface area (Å²) in [5, 5.41) is 2.98. The number of sulfone groups is 1. The van der Waals surface area contributed by atoms with Crippen LogP contribution in [0, 0.1) is 0 Å². The summed E-state index contributed by atoms with van der Waals surface area (Å²) in [7, 11) is -3.58. The summed E-state index contributed by atoms with van der Waals surface area (Å²) < 4.78 is 29.6. The number of hydrogen-bond donors (Lipinski definition) is 2. The van der Waals surface area contributed by atoms with Gasteiger partial charge in [-0.2, -0.15) is 15.0 Å². The van der Waals surface area contributed by atoms with Crippen molar-refractivity contribution < 1.29 is 17.9 Å². The van der Waals surface area contributed by atoms with Crippen molar-refractivity contribution in [1.82, 2.24) is 15.0 Å². The van der Waals surface area contributed by atoms with Crippen LogP contribution >= 0.6 is 0 Å². The van der Waals surface area contributed by atoms with Gasteiger partial charge in [0.1, 0.15) is 0 Å². The second-order valence-electron chi connectivity index (χ2n) is 5.90. The number of hydrogen-bond acceptors (Lipinski definition) is 9. The largest absolute Gasteiger partial charge is 0.454 e. The number of esters is 1. The molecule has 0 aliphatic carbocycles. The Morgan fingerprint density at radius 2 is 1.72 bits per heavy atom. The number of nitrogens with zero attached hydrogens (tertiary/aromatic N) is 3. The zero-order valence-corrected chi connectivity index (χ0v) is 16.4. The molecule has 29 heavy (non-hydrogen) atoms. The third-order valence-corrected chi connectivity index (χ3v) is 5.67. The number of carbonyl (C=O) groups is 1. The highest BCUT2D eigenvalue weighted by Crippen LogP contribution is 2.19. The lowest BCUT2D eigenvalue weighted by Gasteiger charge is -2.10. The minimum atomic E-state index is -3.58. The highest BCUT2D eigenvalue weighted by atomic mass is 32.2. The summed E-state index contributed by atoms with van der Waals surface area (Å²) in [6.07, 6.45) is 0. The molecule has 3 N–H and O–H groups in total. The van der Waals surface area contributed by atoms with E-state index in [1.807, 2.05) is 30.3 Å². The van der Waals surface area contributed by atoms with Crippen molar-refractivity contribution in [3.05, 3.63) is 66.0 Å². The smallest absolute Gasteiger partial charge is 0.339 e. The summed E-state index contributed by atoms with van der Waals surface area (Å²) in [6, 6.07) is 15.1. The number of aromatic nitrogens is 3. The molecule has 0 atom stereocenters. The van der Waals surface area contributed by atoms with E-state index in [-0.39, 0.29) is 40.5 Å². The Bertz CT molecular complexity index is 1120. The molecule has 1 aromatic heterocycles. The Balaban J connectivity index is 1.76. The van der Waals surface area contributed by atoms with Crippen LogP contribution in [-0.4, -0.2) is 35.1 Å². The molecule has 0 spiro atoms. The zero-order valence-electron chi connectivity index (χ0n) is 15.6. The van der Waals surface area contributed by atoms with Crippen molar-refractivity contribution in [3.63, 3.8) is 0 Å². The number of para-hydroxylation sites is 1. The molecule has 150 valence electrons. The normalized spacial score (nSPS) is 11.1. The average Bonchev–Trinajstić information content (AvgIpc) is 2.72. The van der Waals surface area contributed by atoms with Crippen molar-refractivity contribution in [3.8, 4) is 0 Å². The molecule has 10 heteroatoms. The molecule has 3 rings (SSSR count). The van der Waals surface area contributed by atoms with Gasteiger partial charge in [-0.15, -0.1) is 0 Å². The Kier molecular flexibility index (Phi) is 6.03. The highest BCUT2D eigenvalue weighted by Gasteiger charge is 2.22. The molecule has 0 radical (unpaired) electrons. The van der Waals surface area contributed by atoms with E-state index in [1.165, 1.54) is 19.1 Å². The van der Waals surface area contributed by atoms with Gasteiger partial charge in [0.25, 0.3) is 0 Å². The fourth-order valence-corrected chi connectivity index (χ4v) is 3.56. The maximum absolute atomic E-state index is 12.5. The van der Waals surface area contributed by atoms with E-state index in [1.54, 1.807) is 12.1 Å². The van der Waals surface area contributed by atoms with Gasteiger partial charge >= 0.3 is 5.97 Å². The van der Waals surface area contributed by atoms with Crippen molar-refractivity contribution in [1.29, 1.82) is 0 Å². The van der Waals surface area contributed by atoms with Crippen LogP contribution in [-0.2, 0) is 21.2 Å². The van der Waals surface area contributed by atoms with Gasteiger partial charge in [-0.25, -0.2) is 13.2 Å². The number of nitrogen functional groups attached to an aromatic ring is 1. The fraction of sp³-hybridized carbons (Fsp3) is 0.158. The van der Waals surface area contributed by atoms with Gasteiger partial charge in [0, 0.05) is 5.69 Å². The Labute approximate surface area is 167 Å². The molecule has 3 aromatic rings. The first-order valence-corrected chi connectivity index (χ1v) is 10.4. The first kappa shape index (κ1) is 20.2. The van der Waals surface area contributed by atoms with Gasteiger partial charge in [-0.1, -0.05) is 37.3 Å². The topological polar surface area (TPSA) is 137 Å². The molecule has 0 saturated carbocycles. The third-order valence-electron chi connectivity index (χ3n) is 3.88. The van der Waals surface area contributed by atoms with E-state index in [4.69, 9.17) is 10.5 Å². The Hall–Kier alpha value is -3.53. The van der Waals surface area contributed by atoms with Crippen LogP contribution in [0.1, 0.15) is 23.1 Å². The van der Waals surface area contributed by atoms with Crippen molar-refractivity contribution in [2.45, 2.75) is 18.4 Å². The molecule has 1 heterocycles. The second-order valence-corrected chi connectivity index (χ2v) is 8.15. The van der Waals surface area contributed by atoms with Gasteiger partial charge in [0.2, 0.25) is 11.9 Å². The number of rotatable bonds is 7. The summed E-state index contributed by atoms with van der Waals surface area (Å²) in [5.41, 5.74) is 6.41. The molecule has 0 saturated heterocycles. The van der Waals surface area contributed by atoms with Crippen LogP contribution in [0.3, 0.4) is 0 Å². The number of anilines is 3. The minimum absolute atomic E-state index is 0.0426. The molecule has 0 aliphatic heterocycles. The maximum Gasteiger partial charge on any atom is 0.339 e. The summed E-state index contributed by atoms with van der Waals surface area (Å²) in [5.74, 6) is -0.646. The summed E-state index contributed by atoms with van der Waals surface area (Å²) in [4.78, 5) is 24.5. The van der Waals surface area contributed by atoms with Crippen molar-refractivity contribution in [2.75, 3.05) is 16.8 Å². The second kappa shape index (κ2) is 8.65. The van der Waals surface area contributed by atoms with Gasteiger partial charge in [-0.3, -0.25) is 0 Å². The predicted octanol–water partition coefficient (Wildman–Crippen LogP) is 2.35. The van der Waals surface area contributed by atoms with Gasteiger partial charge in [0.15, 0.2) is 22.3 Å². The van der Waals surface area contributed by atoms with Crippen LogP contribution in [0.2, 0.25) is 0 Å². The summed E-state index contributed by atoms with van der Waals surface area (Å²) >= 11 is 0. The monoisotopic (exact) mass is 413 g/mol. The molecule has 9 nitrogen and oxygen atoms in total. The number of ether oxygens (including phenoxy) is 1. The number of carbonyl (C=O) groups excluding carboxylic acids is 1. The fourth-order valence-electron chi connectivity index (χ4n) is 2.48. The van der Waals surface area contributed by atoms with Crippen LogP contribution < -0.4 is 11.1 Å². The lowest BCUT2D eigenvalue weighted by atomic mass is 10.2. The lowest BCUT2D eigenvalue weighted by molar-refractivity contribution is 0.0457. The van der Waals surface area contributed by atoms with Crippen molar-refractivity contribution in [2.24, 2.45) is 0 Å². The molecule has 0 unspecified atom stereocenters. The van der Waals surface area contributed by atoms with Crippen molar-refractivity contribution >= 4 is 33.4 Å². The lowest BCUT2D eigenvalue weighted by Crippen LogP contribution is -2.15. The van der Waals surface area contributed by atoms with E-state index < -0.39 is 15.8 Å². The van der Waals surface area contributed by atoms with Crippen LogP contribution in [0.4, 0.5) is 17.6 Å². The average molecular weight is 413 g/mol. The minimum Gasteiger partial charge on any atom is -0.454 e. The SMILES string of the molecule is CCS(=O)(=O)c1ccccc1C(=O)OCc1nc(N)nc(Nc2ccccc2)n1. The first-order chi connectivity index (χ1) is 13.9. The Morgan fingerprint density at radius 1 is 1.03 bits per heavy atom. The highest BCUT2D eigenvalue weighted by molar-refractivity contribution is 7.91. The van der Waals surface area contributed by atoms with Gasteiger partial charge < -0.3 is 15.8 Å². The maximum atomic E-state index is 12.5. The van der Waals surface area contributed by atoms with E-state index in [0.29, 0.717) is 0 Å². The summed E-state index contributed by atoms with van der Waals surface area (Å²) in [6.45, 7) is 1.21. The van der Waals surface area contributed by atoms with Crippen LogP contribution in [0.25, 0.3) is 0 Å². The molecular formula is C19H19N5O4S. The molecule has 0 fully saturated rings. The number of benzene rings is 2. The molecule has 0 amide bonds. The molecular weight excluding hydrogens is 394 g/mol. The Morgan fingerprint density at radius 3 is 2.45 bits per heavy atom. The third kappa shape index (κ3) is 5.05.